The van der Waals surface area contributed by atoms with E-state index in [4.69, 9.17) is 0 Å². The van der Waals surface area contributed by atoms with Gasteiger partial charge < -0.3 is 30.3 Å². The Morgan fingerprint density at radius 2 is 1.20 bits per heavy atom. The fourth-order valence-corrected chi connectivity index (χ4v) is 6.55. The van der Waals surface area contributed by atoms with Gasteiger partial charge in [-0.3, -0.25) is 0 Å². The van der Waals surface area contributed by atoms with E-state index in [1.165, 1.54) is 69.5 Å². The van der Waals surface area contributed by atoms with Crippen LogP contribution >= 0.6 is 8.58 Å². The van der Waals surface area contributed by atoms with Crippen molar-refractivity contribution < 1.29 is 17.1 Å². The molecule has 0 amide bonds. The van der Waals surface area contributed by atoms with Crippen LogP contribution in [0.1, 0.15) is 87.2 Å². The van der Waals surface area contributed by atoms with Crippen molar-refractivity contribution in [3.8, 4) is 0 Å². The summed E-state index contributed by atoms with van der Waals surface area (Å²) in [5.74, 6) is 1.70. The van der Waals surface area contributed by atoms with Gasteiger partial charge in [-0.15, -0.1) is 13.9 Å². The molecule has 0 heterocycles. The molecule has 0 radical (unpaired) electrons. The summed E-state index contributed by atoms with van der Waals surface area (Å²) >= 11 is 0. The SMILES string of the molecule is [Fe].[cH-]1[cH-][cH-][cH-][cH-]1.c1ccc(P[c-]2ccc(C3CCCCC3)c2C2CCCCC2)cc1. The molecule has 0 saturated heterocycles. The topological polar surface area (TPSA) is 0 Å². The molecular weight excluding hydrogens is 423 g/mol. The maximum atomic E-state index is 2.52. The minimum absolute atomic E-state index is 0. The fourth-order valence-electron chi connectivity index (χ4n) is 5.23. The molecule has 2 aliphatic rings. The Hall–Kier alpha value is -1.13. The van der Waals surface area contributed by atoms with Gasteiger partial charge in [0.15, 0.2) is 0 Å². The Balaban J connectivity index is 0.000000376. The molecule has 0 aliphatic heterocycles. The molecule has 0 spiro atoms. The molecule has 2 fully saturated rings. The average molecular weight is 458 g/mol. The van der Waals surface area contributed by atoms with E-state index in [1.807, 2.05) is 30.3 Å². The normalized spacial score (nSPS) is 18.0. The number of hydrogen-bond donors (Lipinski definition) is 0. The van der Waals surface area contributed by atoms with Gasteiger partial charge in [0.25, 0.3) is 0 Å². The summed E-state index contributed by atoms with van der Waals surface area (Å²) in [6.07, 6.45) is 14.4. The summed E-state index contributed by atoms with van der Waals surface area (Å²) < 4.78 is 0. The maximum Gasteiger partial charge on any atom is 0 e. The predicted molar refractivity (Wildman–Crippen MR) is 130 cm³/mol. The first kappa shape index (κ1) is 23.5. The van der Waals surface area contributed by atoms with Gasteiger partial charge in [-0.2, -0.15) is 17.2 Å². The maximum absolute atomic E-state index is 2.52. The molecule has 0 aromatic heterocycles. The van der Waals surface area contributed by atoms with E-state index in [0.29, 0.717) is 0 Å². The van der Waals surface area contributed by atoms with Gasteiger partial charge in [0, 0.05) is 17.1 Å². The Labute approximate surface area is 195 Å². The van der Waals surface area contributed by atoms with Crippen LogP contribution in [0.25, 0.3) is 0 Å². The third-order valence-corrected chi connectivity index (χ3v) is 8.02. The molecule has 1 atom stereocenters. The van der Waals surface area contributed by atoms with Crippen molar-refractivity contribution in [2.75, 3.05) is 0 Å². The second-order valence-electron chi connectivity index (χ2n) is 8.74. The molecule has 2 saturated carbocycles. The molecule has 1 unspecified atom stereocenters. The van der Waals surface area contributed by atoms with E-state index in [1.54, 1.807) is 16.4 Å². The van der Waals surface area contributed by atoms with Crippen molar-refractivity contribution in [1.82, 2.24) is 0 Å². The van der Waals surface area contributed by atoms with Crippen LogP contribution in [-0.4, -0.2) is 0 Å². The van der Waals surface area contributed by atoms with Crippen LogP contribution in [0.4, 0.5) is 0 Å². The van der Waals surface area contributed by atoms with E-state index in [-0.39, 0.29) is 17.1 Å². The summed E-state index contributed by atoms with van der Waals surface area (Å²) in [5.41, 5.74) is 3.55. The van der Waals surface area contributed by atoms with Gasteiger partial charge in [0.05, 0.1) is 0 Å². The summed E-state index contributed by atoms with van der Waals surface area (Å²) in [7, 11) is 0.835. The first-order valence-electron chi connectivity index (χ1n) is 11.7. The van der Waals surface area contributed by atoms with E-state index < -0.39 is 0 Å². The molecule has 2 heteroatoms. The van der Waals surface area contributed by atoms with Gasteiger partial charge in [-0.05, 0) is 24.1 Å². The average Bonchev–Trinajstić information content (AvgIpc) is 3.50. The van der Waals surface area contributed by atoms with Crippen LogP contribution in [0, 0.1) is 0 Å². The second kappa shape index (κ2) is 12.7. The smallest absolute Gasteiger partial charge is 0 e. The molecule has 0 nitrogen and oxygen atoms in total. The Morgan fingerprint density at radius 3 is 1.77 bits per heavy atom. The van der Waals surface area contributed by atoms with E-state index >= 15 is 0 Å². The third-order valence-electron chi connectivity index (χ3n) is 6.70. The molecule has 0 bridgehead atoms. The van der Waals surface area contributed by atoms with Crippen LogP contribution in [0.3, 0.4) is 0 Å². The number of hydrogen-bond acceptors (Lipinski definition) is 0. The largest absolute Gasteiger partial charge is 0.748 e. The standard InChI is InChI=1S/C23H30P.C5H5.Fe/c1-4-10-18(11-5-1)21-16-17-22(24-20-14-8-3-9-15-20)23(21)19-12-6-2-7-13-19;1-2-4-5-3-1;/h3,8-9,14-19,24H,1-2,4-7,10-13H2;1-5H;/q-1;-5;. The van der Waals surface area contributed by atoms with Crippen molar-refractivity contribution in [2.24, 2.45) is 0 Å². The predicted octanol–water partition coefficient (Wildman–Crippen LogP) is 7.53. The molecule has 30 heavy (non-hydrogen) atoms. The number of benzene rings is 1. The molecule has 2 aliphatic carbocycles. The summed E-state index contributed by atoms with van der Waals surface area (Å²) in [4.78, 5) is 0. The summed E-state index contributed by atoms with van der Waals surface area (Å²) in [6, 6.07) is 26.1. The molecule has 3 aromatic rings. The summed E-state index contributed by atoms with van der Waals surface area (Å²) in [6.45, 7) is 0. The van der Waals surface area contributed by atoms with Gasteiger partial charge in [0.1, 0.15) is 0 Å². The molecular formula is C28H35FeP-6. The zero-order chi connectivity index (χ0) is 19.7. The van der Waals surface area contributed by atoms with Gasteiger partial charge in [-0.25, -0.2) is 6.07 Å². The molecule has 0 N–H and O–H groups in total. The van der Waals surface area contributed by atoms with Crippen molar-refractivity contribution in [3.63, 3.8) is 0 Å². The monoisotopic (exact) mass is 458 g/mol. The van der Waals surface area contributed by atoms with Crippen LogP contribution in [0.2, 0.25) is 0 Å². The second-order valence-corrected chi connectivity index (χ2v) is 10.1. The first-order chi connectivity index (χ1) is 14.4. The van der Waals surface area contributed by atoms with Crippen molar-refractivity contribution in [2.45, 2.75) is 76.0 Å². The van der Waals surface area contributed by atoms with Crippen LogP contribution in [-0.2, 0) is 17.1 Å². The Morgan fingerprint density at radius 1 is 0.667 bits per heavy atom. The fraction of sp³-hybridized carbons (Fsp3) is 0.429. The van der Waals surface area contributed by atoms with Gasteiger partial charge >= 0.3 is 0 Å². The van der Waals surface area contributed by atoms with Crippen LogP contribution < -0.4 is 10.6 Å². The zero-order valence-electron chi connectivity index (χ0n) is 18.0. The van der Waals surface area contributed by atoms with E-state index in [2.05, 4.69) is 42.5 Å². The van der Waals surface area contributed by atoms with Crippen molar-refractivity contribution in [1.29, 1.82) is 0 Å². The van der Waals surface area contributed by atoms with E-state index in [0.717, 1.165) is 20.4 Å². The quantitative estimate of drug-likeness (QED) is 0.215. The van der Waals surface area contributed by atoms with Crippen molar-refractivity contribution >= 4 is 19.2 Å². The van der Waals surface area contributed by atoms with E-state index in [9.17, 15) is 0 Å². The Bertz CT molecular complexity index is 788. The van der Waals surface area contributed by atoms with Gasteiger partial charge in [0.2, 0.25) is 0 Å². The van der Waals surface area contributed by atoms with Crippen LogP contribution in [0.5, 0.6) is 0 Å². The molecule has 5 rings (SSSR count). The minimum Gasteiger partial charge on any atom is -0.748 e. The summed E-state index contributed by atoms with van der Waals surface area (Å²) in [5, 5.41) is 3.16. The number of rotatable bonds is 4. The zero-order valence-corrected chi connectivity index (χ0v) is 20.1. The third kappa shape index (κ3) is 6.43. The molecule has 166 valence electrons. The van der Waals surface area contributed by atoms with Crippen molar-refractivity contribution in [3.05, 3.63) is 83.9 Å². The van der Waals surface area contributed by atoms with Crippen LogP contribution in [0.15, 0.2) is 72.8 Å². The first-order valence-corrected chi connectivity index (χ1v) is 12.7. The Kier molecular flexibility index (Phi) is 9.93. The minimum atomic E-state index is 0. The molecule has 3 aromatic carbocycles. The van der Waals surface area contributed by atoms with Gasteiger partial charge in [-0.1, -0.05) is 87.6 Å².